The lowest BCUT2D eigenvalue weighted by Crippen LogP contribution is -2.63. The van der Waals surface area contributed by atoms with Crippen LogP contribution in [-0.2, 0) is 4.79 Å². The molecule has 0 radical (unpaired) electrons. The van der Waals surface area contributed by atoms with E-state index in [0.29, 0.717) is 5.57 Å². The molecule has 0 saturated carbocycles. The summed E-state index contributed by atoms with van der Waals surface area (Å²) in [6, 6.07) is 0.127. The Morgan fingerprint density at radius 3 is 2.00 bits per heavy atom. The molecule has 1 fully saturated rings. The minimum atomic E-state index is -0.337. The zero-order valence-electron chi connectivity index (χ0n) is 12.4. The van der Waals surface area contributed by atoms with Gasteiger partial charge in [-0.15, -0.1) is 0 Å². The first kappa shape index (κ1) is 15.2. The predicted molar refractivity (Wildman–Crippen MR) is 72.4 cm³/mol. The Kier molecular flexibility index (Phi) is 3.94. The number of nitrogens with zero attached hydrogens (tertiary/aromatic N) is 2. The summed E-state index contributed by atoms with van der Waals surface area (Å²) in [6.45, 7) is 13.4. The number of hydrogen-bond donors (Lipinski definition) is 1. The molecule has 1 heterocycles. The van der Waals surface area contributed by atoms with Crippen LogP contribution in [-0.4, -0.2) is 45.2 Å². The number of carbonyl (C=O) groups is 1. The van der Waals surface area contributed by atoms with Crippen LogP contribution in [0.2, 0.25) is 0 Å². The fraction of sp³-hybridized carbons (Fsp3) is 0.786. The molecule has 1 aliphatic heterocycles. The van der Waals surface area contributed by atoms with Crippen LogP contribution in [0.1, 0.15) is 47.5 Å². The van der Waals surface area contributed by atoms with Gasteiger partial charge in [-0.25, -0.2) is 0 Å². The minimum absolute atomic E-state index is 0.0158. The van der Waals surface area contributed by atoms with Crippen LogP contribution >= 0.6 is 0 Å². The van der Waals surface area contributed by atoms with E-state index in [4.69, 9.17) is 0 Å². The highest BCUT2D eigenvalue weighted by Gasteiger charge is 2.46. The molecule has 0 bridgehead atoms. The summed E-state index contributed by atoms with van der Waals surface area (Å²) in [5.74, 6) is -0.0158. The Hall–Kier alpha value is -0.870. The van der Waals surface area contributed by atoms with Gasteiger partial charge in [0.15, 0.2) is 0 Å². The van der Waals surface area contributed by atoms with E-state index in [1.807, 2.05) is 34.7 Å². The molecular formula is C14H26N2O2. The second-order valence-electron chi connectivity index (χ2n) is 6.70. The molecule has 104 valence electrons. The zero-order chi connectivity index (χ0) is 14.3. The van der Waals surface area contributed by atoms with Crippen LogP contribution < -0.4 is 0 Å². The molecule has 1 amide bonds. The molecule has 0 spiro atoms. The summed E-state index contributed by atoms with van der Waals surface area (Å²) in [4.78, 5) is 13.8. The predicted octanol–water partition coefficient (Wildman–Crippen LogP) is 2.43. The third-order valence-electron chi connectivity index (χ3n) is 3.85. The lowest BCUT2D eigenvalue weighted by atomic mass is 9.78. The maximum absolute atomic E-state index is 12.0. The molecule has 0 aromatic heterocycles. The summed E-state index contributed by atoms with van der Waals surface area (Å²) >= 11 is 0. The third kappa shape index (κ3) is 2.75. The van der Waals surface area contributed by atoms with E-state index in [-0.39, 0.29) is 23.0 Å². The Bertz CT molecular complexity index is 343. The van der Waals surface area contributed by atoms with Gasteiger partial charge in [0, 0.05) is 29.7 Å². The molecule has 0 unspecified atom stereocenters. The van der Waals surface area contributed by atoms with Crippen LogP contribution in [0.4, 0.5) is 0 Å². The van der Waals surface area contributed by atoms with E-state index < -0.39 is 0 Å². The van der Waals surface area contributed by atoms with Gasteiger partial charge in [0.05, 0.1) is 0 Å². The summed E-state index contributed by atoms with van der Waals surface area (Å²) < 4.78 is 0. The van der Waals surface area contributed by atoms with E-state index in [2.05, 4.69) is 6.58 Å². The number of amides is 1. The van der Waals surface area contributed by atoms with Crippen molar-refractivity contribution >= 4 is 5.91 Å². The first-order valence-corrected chi connectivity index (χ1v) is 6.41. The summed E-state index contributed by atoms with van der Waals surface area (Å²) in [5.41, 5.74) is -0.119. The van der Waals surface area contributed by atoms with Crippen LogP contribution in [0.3, 0.4) is 0 Å². The maximum Gasteiger partial charge on any atom is 0.248 e. The Balaban J connectivity index is 2.93. The van der Waals surface area contributed by atoms with E-state index in [9.17, 15) is 10.0 Å². The smallest absolute Gasteiger partial charge is 0.248 e. The highest BCUT2D eigenvalue weighted by Crippen LogP contribution is 2.38. The lowest BCUT2D eigenvalue weighted by Gasteiger charge is -2.53. The van der Waals surface area contributed by atoms with E-state index in [1.165, 1.54) is 5.06 Å². The molecular weight excluding hydrogens is 228 g/mol. The normalized spacial score (nSPS) is 23.7. The van der Waals surface area contributed by atoms with Gasteiger partial charge in [0.2, 0.25) is 5.91 Å². The van der Waals surface area contributed by atoms with Crippen LogP contribution in [0.5, 0.6) is 0 Å². The third-order valence-corrected chi connectivity index (χ3v) is 3.85. The molecule has 4 heteroatoms. The topological polar surface area (TPSA) is 43.8 Å². The highest BCUT2D eigenvalue weighted by molar-refractivity contribution is 5.92. The molecule has 0 aliphatic carbocycles. The van der Waals surface area contributed by atoms with Gasteiger partial charge in [-0.2, -0.15) is 5.06 Å². The largest absolute Gasteiger partial charge is 0.339 e. The molecule has 1 saturated heterocycles. The van der Waals surface area contributed by atoms with Crippen molar-refractivity contribution in [3.63, 3.8) is 0 Å². The van der Waals surface area contributed by atoms with Crippen molar-refractivity contribution in [1.29, 1.82) is 0 Å². The second kappa shape index (κ2) is 4.67. The Morgan fingerprint density at radius 1 is 1.28 bits per heavy atom. The molecule has 0 aromatic rings. The fourth-order valence-corrected chi connectivity index (χ4v) is 2.96. The van der Waals surface area contributed by atoms with E-state index in [1.54, 1.807) is 11.8 Å². The van der Waals surface area contributed by atoms with Crippen molar-refractivity contribution in [2.45, 2.75) is 64.6 Å². The average Bonchev–Trinajstić information content (AvgIpc) is 2.22. The molecule has 1 rings (SSSR count). The Labute approximate surface area is 110 Å². The van der Waals surface area contributed by atoms with Gasteiger partial charge < -0.3 is 10.1 Å². The molecule has 0 aromatic carbocycles. The quantitative estimate of drug-likeness (QED) is 0.770. The summed E-state index contributed by atoms with van der Waals surface area (Å²) in [7, 11) is 1.82. The van der Waals surface area contributed by atoms with Gasteiger partial charge in [-0.3, -0.25) is 4.79 Å². The summed E-state index contributed by atoms with van der Waals surface area (Å²) in [5, 5.41) is 11.7. The van der Waals surface area contributed by atoms with Crippen molar-refractivity contribution in [3.05, 3.63) is 12.2 Å². The highest BCUT2D eigenvalue weighted by atomic mass is 16.5. The minimum Gasteiger partial charge on any atom is -0.339 e. The van der Waals surface area contributed by atoms with Gasteiger partial charge in [-0.1, -0.05) is 6.58 Å². The summed E-state index contributed by atoms with van der Waals surface area (Å²) in [6.07, 6.45) is 1.50. The van der Waals surface area contributed by atoms with E-state index >= 15 is 0 Å². The SMILES string of the molecule is C=C(C)C(=O)N(C)C1CC(C)(C)N(O)C(C)(C)C1. The van der Waals surface area contributed by atoms with Crippen molar-refractivity contribution in [2.75, 3.05) is 7.05 Å². The fourth-order valence-electron chi connectivity index (χ4n) is 2.96. The standard InChI is InChI=1S/C14H26N2O2/c1-10(2)12(17)15(7)11-8-13(3,4)16(18)14(5,6)9-11/h11,18H,1,8-9H2,2-7H3. The number of hydrogen-bond acceptors (Lipinski definition) is 3. The van der Waals surface area contributed by atoms with Crippen LogP contribution in [0.15, 0.2) is 12.2 Å². The lowest BCUT2D eigenvalue weighted by molar-refractivity contribution is -0.250. The van der Waals surface area contributed by atoms with E-state index in [0.717, 1.165) is 12.8 Å². The number of hydroxylamine groups is 2. The molecule has 4 nitrogen and oxygen atoms in total. The van der Waals surface area contributed by atoms with Crippen molar-refractivity contribution in [3.8, 4) is 0 Å². The second-order valence-corrected chi connectivity index (χ2v) is 6.70. The molecule has 1 aliphatic rings. The monoisotopic (exact) mass is 254 g/mol. The first-order valence-electron chi connectivity index (χ1n) is 6.41. The van der Waals surface area contributed by atoms with Crippen molar-refractivity contribution in [1.82, 2.24) is 9.96 Å². The first-order chi connectivity index (χ1) is 7.99. The molecule has 0 atom stereocenters. The van der Waals surface area contributed by atoms with Crippen LogP contribution in [0, 0.1) is 0 Å². The number of likely N-dealkylation sites (N-methyl/N-ethyl adjacent to an activating group) is 1. The Morgan fingerprint density at radius 2 is 1.67 bits per heavy atom. The van der Waals surface area contributed by atoms with Crippen LogP contribution in [0.25, 0.3) is 0 Å². The van der Waals surface area contributed by atoms with Crippen molar-refractivity contribution < 1.29 is 10.0 Å². The molecule has 1 N–H and O–H groups in total. The van der Waals surface area contributed by atoms with Gasteiger partial charge in [0.1, 0.15) is 0 Å². The van der Waals surface area contributed by atoms with Crippen molar-refractivity contribution in [2.24, 2.45) is 0 Å². The van der Waals surface area contributed by atoms with Gasteiger partial charge >= 0.3 is 0 Å². The zero-order valence-corrected chi connectivity index (χ0v) is 12.4. The molecule has 18 heavy (non-hydrogen) atoms. The maximum atomic E-state index is 12.0. The van der Waals surface area contributed by atoms with Gasteiger partial charge in [0.25, 0.3) is 0 Å². The number of rotatable bonds is 2. The number of carbonyl (C=O) groups excluding carboxylic acids is 1. The van der Waals surface area contributed by atoms with Gasteiger partial charge in [-0.05, 0) is 47.5 Å². The number of piperidine rings is 1. The average molecular weight is 254 g/mol.